The third-order valence-corrected chi connectivity index (χ3v) is 4.84. The number of pyridine rings is 1. The molecule has 0 saturated carbocycles. The van der Waals surface area contributed by atoms with Crippen LogP contribution in [0.1, 0.15) is 43.2 Å². The third-order valence-electron chi connectivity index (χ3n) is 4.84. The van der Waals surface area contributed by atoms with Gasteiger partial charge in [0.15, 0.2) is 11.5 Å². The summed E-state index contributed by atoms with van der Waals surface area (Å²) in [6, 6.07) is 9.92. The molecule has 2 N–H and O–H groups in total. The predicted octanol–water partition coefficient (Wildman–Crippen LogP) is 4.07. The molecule has 1 atom stereocenters. The summed E-state index contributed by atoms with van der Waals surface area (Å²) >= 11 is 0. The number of nitrogens with zero attached hydrogens (tertiary/aromatic N) is 1. The van der Waals surface area contributed by atoms with Gasteiger partial charge in [0.2, 0.25) is 11.7 Å². The normalized spacial score (nSPS) is 12.3. The Bertz CT molecular complexity index is 1020. The fourth-order valence-electron chi connectivity index (χ4n) is 3.00. The molecule has 1 amide bonds. The van der Waals surface area contributed by atoms with Crippen LogP contribution >= 0.6 is 0 Å². The molecule has 0 aliphatic rings. The first-order valence-electron chi connectivity index (χ1n) is 9.99. The average Bonchev–Trinajstić information content (AvgIpc) is 2.74. The van der Waals surface area contributed by atoms with E-state index in [2.05, 4.69) is 10.3 Å². The molecule has 0 spiro atoms. The van der Waals surface area contributed by atoms with Crippen LogP contribution in [0.4, 0.5) is 5.82 Å². The number of carbonyl (C=O) groups is 3. The van der Waals surface area contributed by atoms with Gasteiger partial charge >= 0.3 is 5.97 Å². The second kappa shape index (κ2) is 10.6. The van der Waals surface area contributed by atoms with Crippen LogP contribution in [-0.2, 0) is 9.59 Å². The van der Waals surface area contributed by atoms with E-state index in [-0.39, 0.29) is 23.7 Å². The topological polar surface area (TPSA) is 115 Å². The maximum Gasteiger partial charge on any atom is 0.307 e. The third kappa shape index (κ3) is 6.66. The number of aliphatic carboxylic acids is 1. The summed E-state index contributed by atoms with van der Waals surface area (Å²) in [5, 5.41) is 12.0. The Morgan fingerprint density at radius 1 is 1.09 bits per heavy atom. The molecule has 32 heavy (non-hydrogen) atoms. The fraction of sp³-hybridized carbons (Fsp3) is 0.333. The largest absolute Gasteiger partial charge is 0.493 e. The SMILES string of the molecule is COc1ccc(/C=C/C(=O)c2cccc(NC(=O)CC(C(=O)O)C(C)(C)C)n2)cc1OC. The minimum atomic E-state index is -1.04. The van der Waals surface area contributed by atoms with Crippen molar-refractivity contribution in [3.05, 3.63) is 53.7 Å². The maximum atomic E-state index is 12.5. The molecule has 0 radical (unpaired) electrons. The maximum absolute atomic E-state index is 12.5. The van der Waals surface area contributed by atoms with Crippen molar-refractivity contribution in [2.24, 2.45) is 11.3 Å². The Morgan fingerprint density at radius 3 is 2.38 bits per heavy atom. The molecule has 1 heterocycles. The van der Waals surface area contributed by atoms with E-state index in [0.29, 0.717) is 11.5 Å². The van der Waals surface area contributed by atoms with Gasteiger partial charge in [-0.05, 0) is 41.3 Å². The summed E-state index contributed by atoms with van der Waals surface area (Å²) in [5.74, 6) is -1.42. The zero-order valence-corrected chi connectivity index (χ0v) is 18.8. The molecule has 0 bridgehead atoms. The van der Waals surface area contributed by atoms with Gasteiger partial charge in [0.25, 0.3) is 0 Å². The van der Waals surface area contributed by atoms with Crippen LogP contribution in [0.25, 0.3) is 6.08 Å². The van der Waals surface area contributed by atoms with Gasteiger partial charge in [0.05, 0.1) is 20.1 Å². The van der Waals surface area contributed by atoms with Crippen LogP contribution in [0, 0.1) is 11.3 Å². The molecular formula is C24H28N2O6. The lowest BCUT2D eigenvalue weighted by Crippen LogP contribution is -2.32. The first kappa shape index (κ1) is 24.6. The quantitative estimate of drug-likeness (QED) is 0.446. The number of methoxy groups -OCH3 is 2. The van der Waals surface area contributed by atoms with Crippen LogP contribution in [0.15, 0.2) is 42.5 Å². The van der Waals surface area contributed by atoms with Crippen LogP contribution in [0.3, 0.4) is 0 Å². The molecule has 0 fully saturated rings. The minimum absolute atomic E-state index is 0.144. The molecule has 8 nitrogen and oxygen atoms in total. The van der Waals surface area contributed by atoms with Crippen molar-refractivity contribution in [3.8, 4) is 11.5 Å². The number of amides is 1. The number of hydrogen-bond acceptors (Lipinski definition) is 6. The lowest BCUT2D eigenvalue weighted by Gasteiger charge is -2.26. The van der Waals surface area contributed by atoms with Crippen molar-refractivity contribution in [2.75, 3.05) is 19.5 Å². The lowest BCUT2D eigenvalue weighted by molar-refractivity contribution is -0.147. The first-order chi connectivity index (χ1) is 15.0. The van der Waals surface area contributed by atoms with Gasteiger partial charge in [-0.3, -0.25) is 14.4 Å². The van der Waals surface area contributed by atoms with Crippen LogP contribution < -0.4 is 14.8 Å². The molecule has 1 unspecified atom stereocenters. The van der Waals surface area contributed by atoms with Crippen molar-refractivity contribution in [1.29, 1.82) is 0 Å². The Kier molecular flexibility index (Phi) is 8.12. The van der Waals surface area contributed by atoms with E-state index in [1.807, 2.05) is 0 Å². The van der Waals surface area contributed by atoms with Gasteiger partial charge in [-0.15, -0.1) is 0 Å². The number of carbonyl (C=O) groups excluding carboxylic acids is 2. The number of ether oxygens (including phenoxy) is 2. The van der Waals surface area contributed by atoms with Crippen LogP contribution in [-0.4, -0.2) is 42.0 Å². The predicted molar refractivity (Wildman–Crippen MR) is 121 cm³/mol. The van der Waals surface area contributed by atoms with Crippen LogP contribution in [0.5, 0.6) is 11.5 Å². The number of aromatic nitrogens is 1. The average molecular weight is 440 g/mol. The van der Waals surface area contributed by atoms with E-state index in [4.69, 9.17) is 9.47 Å². The van der Waals surface area contributed by atoms with Crippen molar-refractivity contribution >= 4 is 29.6 Å². The molecule has 0 saturated heterocycles. The molecule has 0 aliphatic carbocycles. The molecular weight excluding hydrogens is 412 g/mol. The number of carboxylic acids is 1. The zero-order valence-electron chi connectivity index (χ0n) is 18.8. The smallest absolute Gasteiger partial charge is 0.307 e. The second-order valence-electron chi connectivity index (χ2n) is 8.23. The number of allylic oxidation sites excluding steroid dienone is 1. The lowest BCUT2D eigenvalue weighted by atomic mass is 9.78. The van der Waals surface area contributed by atoms with Gasteiger partial charge in [0, 0.05) is 6.42 Å². The van der Waals surface area contributed by atoms with Gasteiger partial charge in [-0.2, -0.15) is 0 Å². The molecule has 2 rings (SSSR count). The minimum Gasteiger partial charge on any atom is -0.493 e. The number of rotatable bonds is 9. The van der Waals surface area contributed by atoms with E-state index in [1.54, 1.807) is 64.3 Å². The zero-order chi connectivity index (χ0) is 23.9. The number of carboxylic acid groups (broad SMARTS) is 1. The van der Waals surface area contributed by atoms with E-state index in [1.165, 1.54) is 19.3 Å². The van der Waals surface area contributed by atoms with Gasteiger partial charge < -0.3 is 19.9 Å². The number of nitrogens with one attached hydrogen (secondary N) is 1. The van der Waals surface area contributed by atoms with Crippen molar-refractivity contribution < 1.29 is 29.0 Å². The summed E-state index contributed by atoms with van der Waals surface area (Å²) in [7, 11) is 3.07. The van der Waals surface area contributed by atoms with E-state index >= 15 is 0 Å². The first-order valence-corrected chi connectivity index (χ1v) is 9.99. The summed E-state index contributed by atoms with van der Waals surface area (Å²) in [6.45, 7) is 5.30. The summed E-state index contributed by atoms with van der Waals surface area (Å²) in [4.78, 5) is 40.5. The molecule has 8 heteroatoms. The molecule has 170 valence electrons. The van der Waals surface area contributed by atoms with Crippen molar-refractivity contribution in [2.45, 2.75) is 27.2 Å². The highest BCUT2D eigenvalue weighted by Gasteiger charge is 2.33. The Morgan fingerprint density at radius 2 is 1.78 bits per heavy atom. The highest BCUT2D eigenvalue weighted by atomic mass is 16.5. The Hall–Kier alpha value is -3.68. The molecule has 0 aliphatic heterocycles. The number of hydrogen-bond donors (Lipinski definition) is 2. The highest BCUT2D eigenvalue weighted by molar-refractivity contribution is 6.06. The molecule has 1 aromatic heterocycles. The summed E-state index contributed by atoms with van der Waals surface area (Å²) in [6.07, 6.45) is 2.80. The fourth-order valence-corrected chi connectivity index (χ4v) is 3.00. The number of ketones is 1. The Labute approximate surface area is 187 Å². The summed E-state index contributed by atoms with van der Waals surface area (Å²) in [5.41, 5.74) is 0.302. The monoisotopic (exact) mass is 440 g/mol. The van der Waals surface area contributed by atoms with Gasteiger partial charge in [0.1, 0.15) is 11.5 Å². The number of benzene rings is 1. The van der Waals surface area contributed by atoms with Crippen molar-refractivity contribution in [1.82, 2.24) is 4.98 Å². The summed E-state index contributed by atoms with van der Waals surface area (Å²) < 4.78 is 10.4. The second-order valence-corrected chi connectivity index (χ2v) is 8.23. The highest BCUT2D eigenvalue weighted by Crippen LogP contribution is 2.29. The standard InChI is InChI=1S/C24H28N2O6/c1-24(2,3)16(23(29)30)14-22(28)26-21-8-6-7-17(25-21)18(27)11-9-15-10-12-19(31-4)20(13-15)32-5/h6-13,16H,14H2,1-5H3,(H,29,30)(H,25,26,28)/b11-9+. The molecule has 2 aromatic rings. The van der Waals surface area contributed by atoms with E-state index in [0.717, 1.165) is 5.56 Å². The van der Waals surface area contributed by atoms with Gasteiger partial charge in [-0.1, -0.05) is 39.0 Å². The van der Waals surface area contributed by atoms with Crippen molar-refractivity contribution in [3.63, 3.8) is 0 Å². The Balaban J connectivity index is 2.10. The van der Waals surface area contributed by atoms with Crippen LogP contribution in [0.2, 0.25) is 0 Å². The molecule has 1 aromatic carbocycles. The van der Waals surface area contributed by atoms with E-state index in [9.17, 15) is 19.5 Å². The number of anilines is 1. The van der Waals surface area contributed by atoms with Gasteiger partial charge in [-0.25, -0.2) is 4.98 Å². The van der Waals surface area contributed by atoms with E-state index < -0.39 is 23.2 Å².